The molecule has 0 spiro atoms. The maximum Gasteiger partial charge on any atom is 0.341 e. The van der Waals surface area contributed by atoms with Crippen molar-refractivity contribution in [3.05, 3.63) is 77.3 Å². The van der Waals surface area contributed by atoms with E-state index in [-0.39, 0.29) is 5.41 Å². The molecule has 0 saturated heterocycles. The van der Waals surface area contributed by atoms with Gasteiger partial charge in [0.05, 0.1) is 31.3 Å². The molecule has 0 unspecified atom stereocenters. The maximum atomic E-state index is 11.3. The lowest BCUT2D eigenvalue weighted by atomic mass is 9.85. The molecule has 192 valence electrons. The third kappa shape index (κ3) is 5.57. The molecule has 0 radical (unpaired) electrons. The van der Waals surface area contributed by atoms with Crippen LogP contribution in [0, 0.1) is 0 Å². The number of carboxylic acid groups (broad SMARTS) is 1. The second kappa shape index (κ2) is 10.6. The average Bonchev–Trinajstić information content (AvgIpc) is 3.31. The minimum Gasteiger partial charge on any atom is -0.493 e. The molecule has 0 aliphatic heterocycles. The van der Waals surface area contributed by atoms with Crippen LogP contribution in [0.3, 0.4) is 0 Å². The summed E-state index contributed by atoms with van der Waals surface area (Å²) in [6.45, 7) is 5.87. The lowest BCUT2D eigenvalue weighted by Gasteiger charge is -2.21. The first kappa shape index (κ1) is 26.1. The zero-order valence-electron chi connectivity index (χ0n) is 21.4. The fourth-order valence-electron chi connectivity index (χ4n) is 4.06. The van der Waals surface area contributed by atoms with Crippen LogP contribution in [0.1, 0.15) is 26.3 Å². The number of carboxylic acids is 1. The topological polar surface area (TPSA) is 82.8 Å². The minimum atomic E-state index is -1.06. The Kier molecular flexibility index (Phi) is 7.45. The van der Waals surface area contributed by atoms with Crippen molar-refractivity contribution in [2.45, 2.75) is 26.2 Å². The predicted octanol–water partition coefficient (Wildman–Crippen LogP) is 6.64. The summed E-state index contributed by atoms with van der Waals surface area (Å²) in [5, 5.41) is 14.7. The number of para-hydroxylation sites is 1. The molecule has 8 heteroatoms. The summed E-state index contributed by atoms with van der Waals surface area (Å²) in [7, 11) is 3.18. The number of methoxy groups -OCH3 is 2. The number of hydrogen-bond donors (Lipinski definition) is 1. The quantitative estimate of drug-likeness (QED) is 0.280. The van der Waals surface area contributed by atoms with E-state index in [9.17, 15) is 9.90 Å². The third-order valence-corrected chi connectivity index (χ3v) is 6.15. The Hall–Kier alpha value is -3.97. The zero-order chi connectivity index (χ0) is 26.7. The molecule has 0 amide bonds. The van der Waals surface area contributed by atoms with Gasteiger partial charge in [0.1, 0.15) is 5.75 Å². The number of rotatable bonds is 8. The molecule has 0 aliphatic carbocycles. The molecule has 3 aromatic carbocycles. The van der Waals surface area contributed by atoms with E-state index in [1.54, 1.807) is 31.0 Å². The maximum absolute atomic E-state index is 11.3. The summed E-state index contributed by atoms with van der Waals surface area (Å²) in [5.41, 5.74) is 4.44. The van der Waals surface area contributed by atoms with E-state index < -0.39 is 12.6 Å². The van der Waals surface area contributed by atoms with E-state index in [4.69, 9.17) is 30.9 Å². The van der Waals surface area contributed by atoms with E-state index in [0.29, 0.717) is 33.5 Å². The number of hydrogen-bond acceptors (Lipinski definition) is 5. The van der Waals surface area contributed by atoms with Gasteiger partial charge in [0.25, 0.3) is 0 Å². The fraction of sp³-hybridized carbons (Fsp3) is 0.241. The molecular formula is C29H29ClN2O5. The van der Waals surface area contributed by atoms with E-state index in [0.717, 1.165) is 22.5 Å². The Morgan fingerprint density at radius 1 is 0.946 bits per heavy atom. The summed E-state index contributed by atoms with van der Waals surface area (Å²) in [6, 6.07) is 20.7. The highest BCUT2D eigenvalue weighted by molar-refractivity contribution is 6.30. The van der Waals surface area contributed by atoms with Crippen LogP contribution in [0.15, 0.2) is 66.7 Å². The Morgan fingerprint density at radius 3 is 2.35 bits per heavy atom. The molecule has 7 nitrogen and oxygen atoms in total. The molecule has 0 fully saturated rings. The van der Waals surface area contributed by atoms with Crippen molar-refractivity contribution < 1.29 is 24.1 Å². The van der Waals surface area contributed by atoms with Gasteiger partial charge in [-0.1, -0.05) is 50.6 Å². The predicted molar refractivity (Wildman–Crippen MR) is 144 cm³/mol. The molecule has 4 rings (SSSR count). The van der Waals surface area contributed by atoms with Gasteiger partial charge in [-0.15, -0.1) is 0 Å². The van der Waals surface area contributed by atoms with Gasteiger partial charge < -0.3 is 19.3 Å². The Bertz CT molecular complexity index is 1440. The SMILES string of the molecule is COc1cccc(-c2cc(-c3cc(C(C)(C)C)ccc3OCC(=O)O)nn2-c2cccc(Cl)c2)c1OC. The fourth-order valence-corrected chi connectivity index (χ4v) is 4.24. The molecule has 0 bridgehead atoms. The molecule has 0 atom stereocenters. The number of ether oxygens (including phenoxy) is 3. The molecule has 1 heterocycles. The van der Waals surface area contributed by atoms with Gasteiger partial charge in [-0.3, -0.25) is 0 Å². The third-order valence-electron chi connectivity index (χ3n) is 5.91. The van der Waals surface area contributed by atoms with Crippen LogP contribution in [0.5, 0.6) is 17.2 Å². The first-order chi connectivity index (χ1) is 17.6. The lowest BCUT2D eigenvalue weighted by molar-refractivity contribution is -0.139. The van der Waals surface area contributed by atoms with Crippen LogP contribution in [-0.2, 0) is 10.2 Å². The molecule has 0 aliphatic rings. The van der Waals surface area contributed by atoms with E-state index >= 15 is 0 Å². The molecule has 1 N–H and O–H groups in total. The van der Waals surface area contributed by atoms with Crippen LogP contribution >= 0.6 is 11.6 Å². The number of aromatic nitrogens is 2. The number of benzene rings is 3. The summed E-state index contributed by atoms with van der Waals surface area (Å²) in [5.74, 6) is 0.513. The van der Waals surface area contributed by atoms with Gasteiger partial charge in [0, 0.05) is 16.1 Å². The average molecular weight is 521 g/mol. The van der Waals surface area contributed by atoms with Crippen LogP contribution in [0.4, 0.5) is 0 Å². The van der Waals surface area contributed by atoms with E-state index in [1.165, 1.54) is 0 Å². The van der Waals surface area contributed by atoms with E-state index in [1.807, 2.05) is 54.6 Å². The van der Waals surface area contributed by atoms with Crippen LogP contribution in [-0.4, -0.2) is 41.7 Å². The van der Waals surface area contributed by atoms with Gasteiger partial charge in [0.2, 0.25) is 0 Å². The summed E-state index contributed by atoms with van der Waals surface area (Å²) in [4.78, 5) is 11.3. The molecule has 4 aromatic rings. The highest BCUT2D eigenvalue weighted by Gasteiger charge is 2.23. The van der Waals surface area contributed by atoms with Crippen LogP contribution in [0.2, 0.25) is 5.02 Å². The van der Waals surface area contributed by atoms with Crippen LogP contribution in [0.25, 0.3) is 28.2 Å². The van der Waals surface area contributed by atoms with Crippen molar-refractivity contribution >= 4 is 17.6 Å². The number of carbonyl (C=O) groups is 1. The summed E-state index contributed by atoms with van der Waals surface area (Å²) < 4.78 is 18.7. The van der Waals surface area contributed by atoms with Gasteiger partial charge in [-0.25, -0.2) is 9.48 Å². The second-order valence-electron chi connectivity index (χ2n) is 9.49. The van der Waals surface area contributed by atoms with Gasteiger partial charge in [-0.05, 0) is 59.5 Å². The standard InChI is InChI=1S/C29H29ClN2O5/c1-29(2,3)18-12-13-25(37-17-27(33)34)22(14-18)23-16-24(21-10-7-11-26(35-4)28(21)36-5)32(31-23)20-9-6-8-19(30)15-20/h6-16H,17H2,1-5H3,(H,33,34). The normalized spacial score (nSPS) is 11.3. The second-order valence-corrected chi connectivity index (χ2v) is 9.93. The lowest BCUT2D eigenvalue weighted by Crippen LogP contribution is -2.13. The summed E-state index contributed by atoms with van der Waals surface area (Å²) >= 11 is 6.33. The van der Waals surface area contributed by atoms with Crippen molar-refractivity contribution in [1.82, 2.24) is 9.78 Å². The van der Waals surface area contributed by atoms with Crippen LogP contribution < -0.4 is 14.2 Å². The number of nitrogens with zero attached hydrogens (tertiary/aromatic N) is 2. The van der Waals surface area contributed by atoms with Crippen molar-refractivity contribution in [3.8, 4) is 45.5 Å². The summed E-state index contributed by atoms with van der Waals surface area (Å²) in [6.07, 6.45) is 0. The van der Waals surface area contributed by atoms with Gasteiger partial charge in [0.15, 0.2) is 18.1 Å². The monoisotopic (exact) mass is 520 g/mol. The van der Waals surface area contributed by atoms with Crippen molar-refractivity contribution in [1.29, 1.82) is 0 Å². The molecule has 1 aromatic heterocycles. The van der Waals surface area contributed by atoms with E-state index in [2.05, 4.69) is 20.8 Å². The smallest absolute Gasteiger partial charge is 0.341 e. The molecular weight excluding hydrogens is 492 g/mol. The zero-order valence-corrected chi connectivity index (χ0v) is 22.2. The number of aliphatic carboxylic acids is 1. The minimum absolute atomic E-state index is 0.144. The largest absolute Gasteiger partial charge is 0.493 e. The van der Waals surface area contributed by atoms with Crippen molar-refractivity contribution in [2.24, 2.45) is 0 Å². The Morgan fingerprint density at radius 2 is 1.70 bits per heavy atom. The van der Waals surface area contributed by atoms with Crippen molar-refractivity contribution in [3.63, 3.8) is 0 Å². The van der Waals surface area contributed by atoms with Gasteiger partial charge >= 0.3 is 5.97 Å². The highest BCUT2D eigenvalue weighted by Crippen LogP contribution is 2.42. The molecule has 0 saturated carbocycles. The van der Waals surface area contributed by atoms with Crippen molar-refractivity contribution in [2.75, 3.05) is 20.8 Å². The Labute approximate surface area is 221 Å². The van der Waals surface area contributed by atoms with Gasteiger partial charge in [-0.2, -0.15) is 5.10 Å². The Balaban J connectivity index is 1.99. The first-order valence-electron chi connectivity index (χ1n) is 11.7. The molecule has 37 heavy (non-hydrogen) atoms. The first-order valence-corrected chi connectivity index (χ1v) is 12.1. The highest BCUT2D eigenvalue weighted by atomic mass is 35.5. The number of halogens is 1.